The molecule has 2 fully saturated rings. The lowest BCUT2D eigenvalue weighted by Crippen LogP contribution is -2.61. The minimum Gasteiger partial charge on any atom is -0.490 e. The van der Waals surface area contributed by atoms with Crippen LogP contribution in [0, 0.1) is 5.92 Å². The van der Waals surface area contributed by atoms with Crippen molar-refractivity contribution in [3.05, 3.63) is 30.3 Å². The zero-order valence-corrected chi connectivity index (χ0v) is 12.9. The molecule has 1 amide bonds. The summed E-state index contributed by atoms with van der Waals surface area (Å²) in [5, 5.41) is 11.0. The molecule has 1 saturated carbocycles. The fraction of sp³-hybridized carbons (Fsp3) is 0.529. The van der Waals surface area contributed by atoms with Gasteiger partial charge in [-0.05, 0) is 31.4 Å². The van der Waals surface area contributed by atoms with E-state index in [9.17, 15) is 9.90 Å². The largest absolute Gasteiger partial charge is 0.490 e. The van der Waals surface area contributed by atoms with E-state index in [1.54, 1.807) is 4.90 Å². The van der Waals surface area contributed by atoms with Crippen molar-refractivity contribution in [2.75, 3.05) is 13.2 Å². The van der Waals surface area contributed by atoms with Gasteiger partial charge in [-0.3, -0.25) is 9.69 Å². The summed E-state index contributed by atoms with van der Waals surface area (Å²) in [5.74, 6) is 0.0775. The van der Waals surface area contributed by atoms with Crippen LogP contribution in [0.2, 0.25) is 0 Å². The Labute approximate surface area is 134 Å². The van der Waals surface area contributed by atoms with Gasteiger partial charge in [-0.2, -0.15) is 4.99 Å². The second kappa shape index (κ2) is 5.53. The van der Waals surface area contributed by atoms with Gasteiger partial charge in [0.05, 0.1) is 12.5 Å². The molecule has 2 aliphatic heterocycles. The summed E-state index contributed by atoms with van der Waals surface area (Å²) in [6, 6.07) is 9.76. The highest BCUT2D eigenvalue weighted by atomic mass is 16.6. The number of hydrogen-bond donors (Lipinski definition) is 1. The van der Waals surface area contributed by atoms with Gasteiger partial charge in [0, 0.05) is 0 Å². The Bertz CT molecular complexity index is 633. The molecule has 1 aromatic carbocycles. The summed E-state index contributed by atoms with van der Waals surface area (Å²) in [6.45, 7) is 0.848. The Hall–Kier alpha value is -2.08. The average molecular weight is 316 g/mol. The number of aliphatic hydroxyl groups is 1. The standard InChI is InChI=1S/C17H20N2O4/c20-15-14-8-4-5-9-17(14,21)19-10-13(23-16(19)18-15)11-22-12-6-2-1-3-7-12/h1-3,6-7,13-14,21H,4-5,8-11H2. The number of aliphatic imine (C=N–C) groups is 1. The Balaban J connectivity index is 1.48. The third-order valence-electron chi connectivity index (χ3n) is 4.89. The van der Waals surface area contributed by atoms with Crippen LogP contribution in [0.15, 0.2) is 35.3 Å². The third-order valence-corrected chi connectivity index (χ3v) is 4.89. The number of nitrogens with zero attached hydrogens (tertiary/aromatic N) is 2. The van der Waals surface area contributed by atoms with E-state index in [2.05, 4.69) is 4.99 Å². The molecule has 2 heterocycles. The number of amides is 1. The first kappa shape index (κ1) is 14.5. The van der Waals surface area contributed by atoms with Crippen LogP contribution in [-0.4, -0.2) is 46.9 Å². The number of carbonyl (C=O) groups excluding carboxylic acids is 1. The normalized spacial score (nSPS) is 32.7. The van der Waals surface area contributed by atoms with Crippen molar-refractivity contribution in [3.8, 4) is 5.75 Å². The van der Waals surface area contributed by atoms with Crippen molar-refractivity contribution in [1.29, 1.82) is 0 Å². The number of hydrogen-bond acceptors (Lipinski definition) is 5. The Morgan fingerprint density at radius 3 is 3.00 bits per heavy atom. The molecular formula is C17H20N2O4. The molecule has 3 atom stereocenters. The predicted molar refractivity (Wildman–Crippen MR) is 82.9 cm³/mol. The molecule has 122 valence electrons. The van der Waals surface area contributed by atoms with Gasteiger partial charge >= 0.3 is 0 Å². The summed E-state index contributed by atoms with van der Waals surface area (Å²) in [7, 11) is 0. The van der Waals surface area contributed by atoms with E-state index in [1.807, 2.05) is 30.3 Å². The van der Waals surface area contributed by atoms with Crippen LogP contribution in [-0.2, 0) is 9.53 Å². The molecule has 1 aromatic rings. The first-order valence-corrected chi connectivity index (χ1v) is 8.14. The molecule has 1 saturated heterocycles. The molecule has 1 N–H and O–H groups in total. The summed E-state index contributed by atoms with van der Waals surface area (Å²) in [6.07, 6.45) is 2.89. The Morgan fingerprint density at radius 1 is 1.35 bits per heavy atom. The minimum atomic E-state index is -1.14. The molecule has 0 radical (unpaired) electrons. The van der Waals surface area contributed by atoms with Gasteiger partial charge < -0.3 is 14.6 Å². The minimum absolute atomic E-state index is 0.244. The van der Waals surface area contributed by atoms with Gasteiger partial charge in [-0.1, -0.05) is 24.6 Å². The highest BCUT2D eigenvalue weighted by molar-refractivity contribution is 5.96. The maximum Gasteiger partial charge on any atom is 0.298 e. The topological polar surface area (TPSA) is 71.4 Å². The summed E-state index contributed by atoms with van der Waals surface area (Å²) >= 11 is 0. The van der Waals surface area contributed by atoms with Crippen molar-refractivity contribution in [2.24, 2.45) is 10.9 Å². The van der Waals surface area contributed by atoms with E-state index in [-0.39, 0.29) is 18.0 Å². The quantitative estimate of drug-likeness (QED) is 0.916. The van der Waals surface area contributed by atoms with Crippen LogP contribution in [0.1, 0.15) is 25.7 Å². The van der Waals surface area contributed by atoms with Gasteiger partial charge in [0.25, 0.3) is 11.9 Å². The smallest absolute Gasteiger partial charge is 0.298 e. The fourth-order valence-electron chi connectivity index (χ4n) is 3.69. The highest BCUT2D eigenvalue weighted by Gasteiger charge is 2.55. The number of ether oxygens (including phenoxy) is 2. The van der Waals surface area contributed by atoms with Crippen LogP contribution < -0.4 is 4.74 Å². The van der Waals surface area contributed by atoms with Crippen molar-refractivity contribution in [2.45, 2.75) is 37.5 Å². The molecule has 6 nitrogen and oxygen atoms in total. The van der Waals surface area contributed by atoms with Crippen LogP contribution >= 0.6 is 0 Å². The second-order valence-electron chi connectivity index (χ2n) is 6.38. The summed E-state index contributed by atoms with van der Waals surface area (Å²) in [5.41, 5.74) is -1.14. The van der Waals surface area contributed by atoms with Crippen LogP contribution in [0.3, 0.4) is 0 Å². The number of para-hydroxylation sites is 1. The monoisotopic (exact) mass is 316 g/mol. The van der Waals surface area contributed by atoms with Crippen LogP contribution in [0.5, 0.6) is 5.75 Å². The van der Waals surface area contributed by atoms with Gasteiger partial charge in [-0.25, -0.2) is 0 Å². The number of benzene rings is 1. The lowest BCUT2D eigenvalue weighted by molar-refractivity contribution is -0.162. The molecule has 3 unspecified atom stereocenters. The van der Waals surface area contributed by atoms with E-state index in [0.29, 0.717) is 26.0 Å². The van der Waals surface area contributed by atoms with Gasteiger partial charge in [0.15, 0.2) is 11.8 Å². The van der Waals surface area contributed by atoms with E-state index in [1.165, 1.54) is 0 Å². The van der Waals surface area contributed by atoms with E-state index in [4.69, 9.17) is 9.47 Å². The Kier molecular flexibility index (Phi) is 3.49. The molecule has 1 aliphatic carbocycles. The van der Waals surface area contributed by atoms with Gasteiger partial charge in [-0.15, -0.1) is 0 Å². The van der Waals surface area contributed by atoms with E-state index >= 15 is 0 Å². The van der Waals surface area contributed by atoms with Gasteiger partial charge in [0.1, 0.15) is 12.4 Å². The van der Waals surface area contributed by atoms with Crippen molar-refractivity contribution >= 4 is 11.9 Å². The number of fused-ring (bicyclic) bond motifs is 3. The molecule has 6 heteroatoms. The van der Waals surface area contributed by atoms with Crippen LogP contribution in [0.4, 0.5) is 0 Å². The molecule has 4 rings (SSSR count). The first-order chi connectivity index (χ1) is 11.2. The molecular weight excluding hydrogens is 296 g/mol. The molecule has 23 heavy (non-hydrogen) atoms. The van der Waals surface area contributed by atoms with Crippen LogP contribution in [0.25, 0.3) is 0 Å². The van der Waals surface area contributed by atoms with Crippen molar-refractivity contribution in [1.82, 2.24) is 4.90 Å². The molecule has 0 bridgehead atoms. The summed E-state index contributed by atoms with van der Waals surface area (Å²) < 4.78 is 11.5. The summed E-state index contributed by atoms with van der Waals surface area (Å²) in [4.78, 5) is 18.0. The lowest BCUT2D eigenvalue weighted by Gasteiger charge is -2.46. The third kappa shape index (κ3) is 2.47. The van der Waals surface area contributed by atoms with Crippen molar-refractivity contribution in [3.63, 3.8) is 0 Å². The predicted octanol–water partition coefficient (Wildman–Crippen LogP) is 1.54. The molecule has 3 aliphatic rings. The zero-order chi connectivity index (χ0) is 15.9. The van der Waals surface area contributed by atoms with E-state index < -0.39 is 11.6 Å². The highest BCUT2D eigenvalue weighted by Crippen LogP contribution is 2.42. The SMILES string of the molecule is O=C1N=C2OC(COc3ccccc3)CN2C2(O)CCCCC12. The number of amidine groups is 1. The zero-order valence-electron chi connectivity index (χ0n) is 12.9. The Morgan fingerprint density at radius 2 is 2.17 bits per heavy atom. The van der Waals surface area contributed by atoms with Gasteiger partial charge in [0.2, 0.25) is 0 Å². The number of rotatable bonds is 3. The van der Waals surface area contributed by atoms with E-state index in [0.717, 1.165) is 18.6 Å². The lowest BCUT2D eigenvalue weighted by atomic mass is 9.79. The fourth-order valence-corrected chi connectivity index (χ4v) is 3.69. The maximum absolute atomic E-state index is 12.2. The first-order valence-electron chi connectivity index (χ1n) is 8.14. The van der Waals surface area contributed by atoms with Crippen molar-refractivity contribution < 1.29 is 19.4 Å². The second-order valence-corrected chi connectivity index (χ2v) is 6.38. The molecule has 0 spiro atoms. The number of carbonyl (C=O) groups is 1. The average Bonchev–Trinajstić information content (AvgIpc) is 2.98. The maximum atomic E-state index is 12.2. The molecule has 0 aromatic heterocycles.